The molecule has 1 atom stereocenters. The number of nitrogens with one attached hydrogen (secondary N) is 1. The standard InChI is InChI=1S/C11H13N5O2/c1-2-13-7-14-9(1)11-15-10(18-16-11)5-8-6-12-3-4-17-8/h1-2,7-8,12H,3-6H2. The van der Waals surface area contributed by atoms with Crippen LogP contribution in [0.1, 0.15) is 5.89 Å². The molecule has 3 rings (SSSR count). The van der Waals surface area contributed by atoms with Gasteiger partial charge in [0.2, 0.25) is 11.7 Å². The molecule has 0 aromatic carbocycles. The van der Waals surface area contributed by atoms with Gasteiger partial charge in [-0.15, -0.1) is 0 Å². The summed E-state index contributed by atoms with van der Waals surface area (Å²) in [5, 5.41) is 7.16. The van der Waals surface area contributed by atoms with Gasteiger partial charge in [0.25, 0.3) is 0 Å². The zero-order chi connectivity index (χ0) is 12.2. The van der Waals surface area contributed by atoms with Gasteiger partial charge in [0.05, 0.1) is 19.1 Å². The van der Waals surface area contributed by atoms with Gasteiger partial charge in [0, 0.05) is 19.3 Å². The summed E-state index contributed by atoms with van der Waals surface area (Å²) < 4.78 is 10.8. The van der Waals surface area contributed by atoms with E-state index in [0.717, 1.165) is 19.7 Å². The summed E-state index contributed by atoms with van der Waals surface area (Å²) in [7, 11) is 0. The smallest absolute Gasteiger partial charge is 0.229 e. The molecule has 2 aromatic heterocycles. The van der Waals surface area contributed by atoms with Crippen molar-refractivity contribution in [2.24, 2.45) is 0 Å². The van der Waals surface area contributed by atoms with Crippen molar-refractivity contribution in [3.63, 3.8) is 0 Å². The SMILES string of the molecule is c1cc(-c2noc(CC3CNCCO3)n2)ncn1. The quantitative estimate of drug-likeness (QED) is 0.820. The van der Waals surface area contributed by atoms with Gasteiger partial charge in [-0.05, 0) is 6.07 Å². The second kappa shape index (κ2) is 5.19. The van der Waals surface area contributed by atoms with E-state index >= 15 is 0 Å². The highest BCUT2D eigenvalue weighted by atomic mass is 16.5. The molecular weight excluding hydrogens is 234 g/mol. The number of nitrogens with zero attached hydrogens (tertiary/aromatic N) is 4. The predicted octanol–water partition coefficient (Wildman–Crippen LogP) is 0.0575. The second-order valence-electron chi connectivity index (χ2n) is 4.01. The summed E-state index contributed by atoms with van der Waals surface area (Å²) >= 11 is 0. The van der Waals surface area contributed by atoms with Crippen LogP contribution >= 0.6 is 0 Å². The van der Waals surface area contributed by atoms with Crippen LogP contribution < -0.4 is 5.32 Å². The van der Waals surface area contributed by atoms with Crippen LogP contribution in [0.5, 0.6) is 0 Å². The Labute approximate surface area is 104 Å². The van der Waals surface area contributed by atoms with Crippen LogP contribution in [-0.2, 0) is 11.2 Å². The zero-order valence-corrected chi connectivity index (χ0v) is 9.74. The topological polar surface area (TPSA) is 86.0 Å². The Morgan fingerprint density at radius 2 is 2.44 bits per heavy atom. The highest BCUT2D eigenvalue weighted by molar-refractivity contribution is 5.46. The van der Waals surface area contributed by atoms with Crippen molar-refractivity contribution in [1.29, 1.82) is 0 Å². The highest BCUT2D eigenvalue weighted by Crippen LogP contribution is 2.13. The van der Waals surface area contributed by atoms with E-state index in [1.54, 1.807) is 12.3 Å². The summed E-state index contributed by atoms with van der Waals surface area (Å²) in [5.74, 6) is 1.05. The van der Waals surface area contributed by atoms with Crippen LogP contribution in [0, 0.1) is 0 Å². The molecule has 94 valence electrons. The highest BCUT2D eigenvalue weighted by Gasteiger charge is 2.18. The fourth-order valence-corrected chi connectivity index (χ4v) is 1.81. The normalized spacial score (nSPS) is 19.9. The Balaban J connectivity index is 1.69. The van der Waals surface area contributed by atoms with Crippen molar-refractivity contribution < 1.29 is 9.26 Å². The van der Waals surface area contributed by atoms with Crippen LogP contribution in [0.2, 0.25) is 0 Å². The third-order valence-corrected chi connectivity index (χ3v) is 2.69. The third kappa shape index (κ3) is 2.52. The van der Waals surface area contributed by atoms with E-state index < -0.39 is 0 Å². The molecule has 1 unspecified atom stereocenters. The molecule has 0 aliphatic carbocycles. The maximum absolute atomic E-state index is 5.58. The second-order valence-corrected chi connectivity index (χ2v) is 4.01. The summed E-state index contributed by atoms with van der Waals surface area (Å²) in [6, 6.07) is 1.74. The van der Waals surface area contributed by atoms with Gasteiger partial charge in [-0.25, -0.2) is 9.97 Å². The molecule has 0 bridgehead atoms. The van der Waals surface area contributed by atoms with E-state index in [1.165, 1.54) is 6.33 Å². The van der Waals surface area contributed by atoms with E-state index in [1.807, 2.05) is 0 Å². The first-order valence-electron chi connectivity index (χ1n) is 5.83. The Hall–Kier alpha value is -1.86. The fraction of sp³-hybridized carbons (Fsp3) is 0.455. The van der Waals surface area contributed by atoms with Crippen LogP contribution in [0.3, 0.4) is 0 Å². The molecule has 2 aromatic rings. The first-order valence-corrected chi connectivity index (χ1v) is 5.83. The lowest BCUT2D eigenvalue weighted by molar-refractivity contribution is 0.0246. The van der Waals surface area contributed by atoms with Gasteiger partial charge in [-0.1, -0.05) is 5.16 Å². The maximum Gasteiger partial charge on any atom is 0.229 e. The minimum Gasteiger partial charge on any atom is -0.375 e. The Morgan fingerprint density at radius 3 is 3.22 bits per heavy atom. The number of ether oxygens (including phenoxy) is 1. The number of morpholine rings is 1. The lowest BCUT2D eigenvalue weighted by Crippen LogP contribution is -2.39. The van der Waals surface area contributed by atoms with Crippen molar-refractivity contribution in [2.45, 2.75) is 12.5 Å². The van der Waals surface area contributed by atoms with Crippen molar-refractivity contribution in [2.75, 3.05) is 19.7 Å². The molecule has 0 saturated carbocycles. The molecule has 0 radical (unpaired) electrons. The molecule has 1 saturated heterocycles. The number of hydrogen-bond donors (Lipinski definition) is 1. The van der Waals surface area contributed by atoms with E-state index in [4.69, 9.17) is 9.26 Å². The van der Waals surface area contributed by atoms with Gasteiger partial charge >= 0.3 is 0 Å². The molecule has 1 aliphatic rings. The van der Waals surface area contributed by atoms with Crippen molar-refractivity contribution >= 4 is 0 Å². The van der Waals surface area contributed by atoms with Crippen molar-refractivity contribution in [3.8, 4) is 11.5 Å². The zero-order valence-electron chi connectivity index (χ0n) is 9.74. The molecule has 0 spiro atoms. The van der Waals surface area contributed by atoms with Gasteiger partial charge in [0.1, 0.15) is 12.0 Å². The van der Waals surface area contributed by atoms with Gasteiger partial charge in [0.15, 0.2) is 0 Å². The molecule has 18 heavy (non-hydrogen) atoms. The average Bonchev–Trinajstić information content (AvgIpc) is 2.89. The van der Waals surface area contributed by atoms with Crippen LogP contribution in [-0.4, -0.2) is 45.9 Å². The van der Waals surface area contributed by atoms with Crippen molar-refractivity contribution in [3.05, 3.63) is 24.5 Å². The molecule has 3 heterocycles. The molecule has 1 aliphatic heterocycles. The van der Waals surface area contributed by atoms with Crippen LogP contribution in [0.25, 0.3) is 11.5 Å². The molecule has 1 N–H and O–H groups in total. The van der Waals surface area contributed by atoms with Gasteiger partial charge in [-0.3, -0.25) is 0 Å². The Bertz CT molecular complexity index is 495. The molecule has 7 nitrogen and oxygen atoms in total. The summed E-state index contributed by atoms with van der Waals surface area (Å²) in [6.07, 6.45) is 3.81. The minimum atomic E-state index is 0.0949. The predicted molar refractivity (Wildman–Crippen MR) is 61.6 cm³/mol. The average molecular weight is 247 g/mol. The van der Waals surface area contributed by atoms with E-state index in [9.17, 15) is 0 Å². The van der Waals surface area contributed by atoms with Crippen LogP contribution in [0.4, 0.5) is 0 Å². The Kier molecular flexibility index (Phi) is 3.24. The summed E-state index contributed by atoms with van der Waals surface area (Å²) in [5.41, 5.74) is 0.655. The van der Waals surface area contributed by atoms with Crippen molar-refractivity contribution in [1.82, 2.24) is 25.4 Å². The fourth-order valence-electron chi connectivity index (χ4n) is 1.81. The molecule has 0 amide bonds. The number of aromatic nitrogens is 4. The largest absolute Gasteiger partial charge is 0.375 e. The molecule has 1 fully saturated rings. The number of rotatable bonds is 3. The minimum absolute atomic E-state index is 0.0949. The third-order valence-electron chi connectivity index (χ3n) is 2.69. The van der Waals surface area contributed by atoms with Gasteiger partial charge in [-0.2, -0.15) is 4.98 Å². The monoisotopic (exact) mass is 247 g/mol. The number of hydrogen-bond acceptors (Lipinski definition) is 7. The maximum atomic E-state index is 5.58. The first-order chi connectivity index (χ1) is 8.92. The molecular formula is C11H13N5O2. The first kappa shape index (κ1) is 11.2. The van der Waals surface area contributed by atoms with Crippen LogP contribution in [0.15, 0.2) is 23.1 Å². The molecule has 7 heteroatoms. The summed E-state index contributed by atoms with van der Waals surface area (Å²) in [4.78, 5) is 12.2. The van der Waals surface area contributed by atoms with E-state index in [-0.39, 0.29) is 6.10 Å². The lowest BCUT2D eigenvalue weighted by Gasteiger charge is -2.21. The van der Waals surface area contributed by atoms with Gasteiger partial charge < -0.3 is 14.6 Å². The lowest BCUT2D eigenvalue weighted by atomic mass is 10.2. The summed E-state index contributed by atoms with van der Waals surface area (Å²) in [6.45, 7) is 2.43. The Morgan fingerprint density at radius 1 is 1.44 bits per heavy atom. The van der Waals surface area contributed by atoms with E-state index in [2.05, 4.69) is 25.4 Å². The van der Waals surface area contributed by atoms with E-state index in [0.29, 0.717) is 23.8 Å².